The molecular weight excluding hydrogens is 268 g/mol. The Balaban J connectivity index is 1.60. The molecule has 0 radical (unpaired) electrons. The molecule has 1 unspecified atom stereocenters. The second kappa shape index (κ2) is 5.02. The predicted octanol–water partition coefficient (Wildman–Crippen LogP) is 3.47. The van der Waals surface area contributed by atoms with E-state index >= 15 is 0 Å². The Bertz CT molecular complexity index is 618. The van der Waals surface area contributed by atoms with Gasteiger partial charge in [-0.15, -0.1) is 11.3 Å². The topological polar surface area (TPSA) is 42.0 Å². The van der Waals surface area contributed by atoms with Crippen molar-refractivity contribution in [3.63, 3.8) is 0 Å². The van der Waals surface area contributed by atoms with Crippen LogP contribution in [0.5, 0.6) is 0 Å². The first kappa shape index (κ1) is 13.3. The molecule has 2 aromatic rings. The van der Waals surface area contributed by atoms with Gasteiger partial charge < -0.3 is 5.32 Å². The summed E-state index contributed by atoms with van der Waals surface area (Å²) in [6.07, 6.45) is 0.991. The van der Waals surface area contributed by atoms with Crippen molar-refractivity contribution in [2.45, 2.75) is 26.8 Å². The number of thiazole rings is 1. The van der Waals surface area contributed by atoms with E-state index in [0.29, 0.717) is 6.54 Å². The van der Waals surface area contributed by atoms with E-state index in [1.165, 1.54) is 0 Å². The van der Waals surface area contributed by atoms with Crippen LogP contribution in [0.2, 0.25) is 0 Å². The molecule has 0 bridgehead atoms. The number of carbonyl (C=O) groups excluding carboxylic acids is 1. The van der Waals surface area contributed by atoms with Crippen molar-refractivity contribution in [3.8, 4) is 10.6 Å². The van der Waals surface area contributed by atoms with Crippen LogP contribution in [0.4, 0.5) is 0 Å². The number of benzene rings is 1. The van der Waals surface area contributed by atoms with Crippen LogP contribution in [0.15, 0.2) is 35.7 Å². The molecule has 1 amide bonds. The van der Waals surface area contributed by atoms with Gasteiger partial charge in [0.05, 0.1) is 12.2 Å². The van der Waals surface area contributed by atoms with E-state index in [2.05, 4.69) is 24.1 Å². The van der Waals surface area contributed by atoms with E-state index in [9.17, 15) is 4.79 Å². The van der Waals surface area contributed by atoms with Gasteiger partial charge in [0.2, 0.25) is 5.91 Å². The fourth-order valence-corrected chi connectivity index (χ4v) is 3.14. The Morgan fingerprint density at radius 2 is 2.10 bits per heavy atom. The number of hydrogen-bond acceptors (Lipinski definition) is 3. The molecule has 1 atom stereocenters. The lowest BCUT2D eigenvalue weighted by atomic mass is 10.1. The van der Waals surface area contributed by atoms with E-state index in [1.54, 1.807) is 11.3 Å². The van der Waals surface area contributed by atoms with Crippen LogP contribution in [-0.2, 0) is 11.3 Å². The van der Waals surface area contributed by atoms with E-state index < -0.39 is 0 Å². The minimum atomic E-state index is 0.157. The number of carbonyl (C=O) groups is 1. The molecule has 4 heteroatoms. The lowest BCUT2D eigenvalue weighted by Gasteiger charge is -2.04. The molecule has 0 aliphatic heterocycles. The van der Waals surface area contributed by atoms with Crippen molar-refractivity contribution in [3.05, 3.63) is 41.4 Å². The largest absolute Gasteiger partial charge is 0.350 e. The van der Waals surface area contributed by atoms with Crippen LogP contribution < -0.4 is 5.32 Å². The highest BCUT2D eigenvalue weighted by atomic mass is 32.1. The average molecular weight is 286 g/mol. The van der Waals surface area contributed by atoms with Crippen molar-refractivity contribution >= 4 is 17.2 Å². The fraction of sp³-hybridized carbons (Fsp3) is 0.375. The highest BCUT2D eigenvalue weighted by Crippen LogP contribution is 2.51. The van der Waals surface area contributed by atoms with E-state index in [1.807, 2.05) is 35.7 Å². The highest BCUT2D eigenvalue weighted by Gasteiger charge is 2.50. The minimum Gasteiger partial charge on any atom is -0.350 e. The molecule has 0 spiro atoms. The Morgan fingerprint density at radius 1 is 1.40 bits per heavy atom. The summed E-state index contributed by atoms with van der Waals surface area (Å²) in [5.74, 6) is 0.332. The lowest BCUT2D eigenvalue weighted by Crippen LogP contribution is -2.26. The van der Waals surface area contributed by atoms with Crippen molar-refractivity contribution in [1.82, 2.24) is 10.3 Å². The van der Waals surface area contributed by atoms with Crippen LogP contribution in [0.3, 0.4) is 0 Å². The number of nitrogens with one attached hydrogen (secondary N) is 1. The number of nitrogens with zero attached hydrogens (tertiary/aromatic N) is 1. The number of hydrogen-bond donors (Lipinski definition) is 1. The first-order valence-corrected chi connectivity index (χ1v) is 7.72. The summed E-state index contributed by atoms with van der Waals surface area (Å²) >= 11 is 1.62. The number of aromatic nitrogens is 1. The maximum absolute atomic E-state index is 11.9. The van der Waals surface area contributed by atoms with Crippen LogP contribution in [0.1, 0.15) is 26.0 Å². The normalized spacial score (nSPS) is 19.6. The first-order chi connectivity index (χ1) is 9.56. The summed E-state index contributed by atoms with van der Waals surface area (Å²) in [6, 6.07) is 10.1. The van der Waals surface area contributed by atoms with E-state index in [4.69, 9.17) is 0 Å². The summed E-state index contributed by atoms with van der Waals surface area (Å²) < 4.78 is 0. The van der Waals surface area contributed by atoms with Crippen LogP contribution in [0, 0.1) is 11.3 Å². The van der Waals surface area contributed by atoms with E-state index in [-0.39, 0.29) is 17.2 Å². The zero-order valence-electron chi connectivity index (χ0n) is 11.7. The van der Waals surface area contributed by atoms with Crippen LogP contribution in [-0.4, -0.2) is 10.9 Å². The third-order valence-electron chi connectivity index (χ3n) is 3.85. The molecule has 1 aromatic heterocycles. The van der Waals surface area contributed by atoms with Crippen LogP contribution in [0.25, 0.3) is 10.6 Å². The van der Waals surface area contributed by atoms with Gasteiger partial charge in [0.1, 0.15) is 5.01 Å². The molecule has 3 nitrogen and oxygen atoms in total. The van der Waals surface area contributed by atoms with E-state index in [0.717, 1.165) is 22.7 Å². The van der Waals surface area contributed by atoms with Crippen molar-refractivity contribution in [1.29, 1.82) is 0 Å². The summed E-state index contributed by atoms with van der Waals surface area (Å²) in [5.41, 5.74) is 2.24. The maximum atomic E-state index is 11.9. The van der Waals surface area contributed by atoms with Crippen LogP contribution >= 0.6 is 11.3 Å². The van der Waals surface area contributed by atoms with Gasteiger partial charge >= 0.3 is 0 Å². The van der Waals surface area contributed by atoms with Gasteiger partial charge in [-0.2, -0.15) is 0 Å². The molecule has 1 saturated carbocycles. The zero-order chi connectivity index (χ0) is 14.2. The molecule has 3 rings (SSSR count). The van der Waals surface area contributed by atoms with Crippen molar-refractivity contribution < 1.29 is 4.79 Å². The molecular formula is C16H18N2OS. The molecule has 1 aliphatic carbocycles. The predicted molar refractivity (Wildman–Crippen MR) is 81.3 cm³/mol. The Morgan fingerprint density at radius 3 is 2.75 bits per heavy atom. The van der Waals surface area contributed by atoms with Gasteiger partial charge in [0, 0.05) is 16.9 Å². The quantitative estimate of drug-likeness (QED) is 0.935. The summed E-state index contributed by atoms with van der Waals surface area (Å²) in [6.45, 7) is 4.79. The molecule has 1 aromatic carbocycles. The first-order valence-electron chi connectivity index (χ1n) is 6.84. The third-order valence-corrected chi connectivity index (χ3v) is 4.79. The summed E-state index contributed by atoms with van der Waals surface area (Å²) in [7, 11) is 0. The van der Waals surface area contributed by atoms with Gasteiger partial charge in [-0.25, -0.2) is 4.98 Å². The third kappa shape index (κ3) is 2.75. The molecule has 1 N–H and O–H groups in total. The van der Waals surface area contributed by atoms with Gasteiger partial charge in [0.15, 0.2) is 0 Å². The molecule has 1 aliphatic rings. The molecule has 20 heavy (non-hydrogen) atoms. The van der Waals surface area contributed by atoms with Crippen molar-refractivity contribution in [2.24, 2.45) is 11.3 Å². The smallest absolute Gasteiger partial charge is 0.223 e. The number of amides is 1. The molecule has 1 heterocycles. The second-order valence-electron chi connectivity index (χ2n) is 5.97. The van der Waals surface area contributed by atoms with Crippen molar-refractivity contribution in [2.75, 3.05) is 0 Å². The minimum absolute atomic E-state index is 0.157. The fourth-order valence-electron chi connectivity index (χ4n) is 2.32. The Kier molecular flexibility index (Phi) is 3.34. The second-order valence-corrected chi connectivity index (χ2v) is 6.83. The van der Waals surface area contributed by atoms with Gasteiger partial charge in [-0.05, 0) is 11.8 Å². The number of rotatable bonds is 4. The van der Waals surface area contributed by atoms with Gasteiger partial charge in [-0.3, -0.25) is 4.79 Å². The SMILES string of the molecule is CC1(C)CC1C(=O)NCc1csc(-c2ccccc2)n1. The summed E-state index contributed by atoms with van der Waals surface area (Å²) in [4.78, 5) is 16.5. The standard InChI is InChI=1S/C16H18N2OS/c1-16(2)8-13(16)14(19)17-9-12-10-20-15(18-12)11-6-4-3-5-7-11/h3-7,10,13H,8-9H2,1-2H3,(H,17,19). The Labute approximate surface area is 123 Å². The average Bonchev–Trinajstić information content (AvgIpc) is 2.89. The maximum Gasteiger partial charge on any atom is 0.223 e. The lowest BCUT2D eigenvalue weighted by molar-refractivity contribution is -0.123. The molecule has 0 saturated heterocycles. The zero-order valence-corrected chi connectivity index (χ0v) is 12.5. The van der Waals surface area contributed by atoms with Gasteiger partial charge in [-0.1, -0.05) is 44.2 Å². The Hall–Kier alpha value is -1.68. The monoisotopic (exact) mass is 286 g/mol. The molecule has 1 fully saturated rings. The molecule has 104 valence electrons. The highest BCUT2D eigenvalue weighted by molar-refractivity contribution is 7.13. The van der Waals surface area contributed by atoms with Gasteiger partial charge in [0.25, 0.3) is 0 Å². The summed E-state index contributed by atoms with van der Waals surface area (Å²) in [5, 5.41) is 6.00.